The van der Waals surface area contributed by atoms with E-state index in [4.69, 9.17) is 4.52 Å². The number of amides is 1. The summed E-state index contributed by atoms with van der Waals surface area (Å²) in [5.74, 6) is 1.59. The highest BCUT2D eigenvalue weighted by Crippen LogP contribution is 2.65. The first-order valence-electron chi connectivity index (χ1n) is 7.97. The van der Waals surface area contributed by atoms with Crippen molar-refractivity contribution in [2.75, 3.05) is 0 Å². The molecule has 1 N–H and O–H groups in total. The Kier molecular flexibility index (Phi) is 3.19. The maximum absolute atomic E-state index is 12.4. The minimum absolute atomic E-state index is 0.0963. The van der Waals surface area contributed by atoms with E-state index < -0.39 is 0 Å². The molecule has 2 saturated carbocycles. The van der Waals surface area contributed by atoms with Crippen molar-refractivity contribution in [1.82, 2.24) is 10.5 Å². The fourth-order valence-electron chi connectivity index (χ4n) is 4.58. The number of carbonyl (C=O) groups is 1. The van der Waals surface area contributed by atoms with Crippen molar-refractivity contribution in [3.05, 3.63) is 17.0 Å². The van der Waals surface area contributed by atoms with E-state index in [1.807, 2.05) is 13.8 Å². The van der Waals surface area contributed by atoms with Crippen molar-refractivity contribution in [2.45, 2.75) is 66.3 Å². The van der Waals surface area contributed by atoms with E-state index in [1.165, 1.54) is 12.8 Å². The summed E-state index contributed by atoms with van der Waals surface area (Å²) >= 11 is 0. The predicted molar refractivity (Wildman–Crippen MR) is 80.8 cm³/mol. The van der Waals surface area contributed by atoms with Crippen molar-refractivity contribution < 1.29 is 9.32 Å². The molecule has 0 saturated heterocycles. The number of aromatic nitrogens is 1. The van der Waals surface area contributed by atoms with Crippen LogP contribution in [0.3, 0.4) is 0 Å². The van der Waals surface area contributed by atoms with Crippen LogP contribution in [0.25, 0.3) is 0 Å². The third kappa shape index (κ3) is 2.02. The number of hydrogen-bond acceptors (Lipinski definition) is 3. The van der Waals surface area contributed by atoms with Gasteiger partial charge in [0, 0.05) is 11.6 Å². The predicted octanol–water partition coefficient (Wildman–Crippen LogP) is 3.16. The van der Waals surface area contributed by atoms with Gasteiger partial charge in [-0.1, -0.05) is 25.9 Å². The summed E-state index contributed by atoms with van der Waals surface area (Å²) in [5.41, 5.74) is 2.31. The molecule has 0 aromatic carbocycles. The summed E-state index contributed by atoms with van der Waals surface area (Å²) in [6.45, 7) is 10.8. The highest BCUT2D eigenvalue weighted by atomic mass is 16.5. The number of rotatable bonds is 3. The molecule has 3 atom stereocenters. The second-order valence-corrected chi connectivity index (χ2v) is 7.71. The van der Waals surface area contributed by atoms with E-state index in [2.05, 4.69) is 31.2 Å². The largest absolute Gasteiger partial charge is 0.361 e. The Morgan fingerprint density at radius 2 is 2.10 bits per heavy atom. The van der Waals surface area contributed by atoms with Crippen molar-refractivity contribution in [1.29, 1.82) is 0 Å². The Morgan fingerprint density at radius 3 is 2.57 bits per heavy atom. The molecular formula is C17H26N2O2. The number of carbonyl (C=O) groups excluding carboxylic acids is 1. The first kappa shape index (κ1) is 14.6. The molecule has 0 radical (unpaired) electrons. The van der Waals surface area contributed by atoms with Gasteiger partial charge in [0.05, 0.1) is 12.1 Å². The SMILES string of the molecule is Cc1noc(C)c1CC(=O)NC1CC2CCC1(C)C2(C)C. The van der Waals surface area contributed by atoms with E-state index in [0.717, 1.165) is 29.4 Å². The van der Waals surface area contributed by atoms with Gasteiger partial charge in [0.2, 0.25) is 5.91 Å². The molecule has 2 aliphatic rings. The molecule has 2 fully saturated rings. The van der Waals surface area contributed by atoms with Crippen LogP contribution in [0.2, 0.25) is 0 Å². The zero-order valence-corrected chi connectivity index (χ0v) is 13.7. The van der Waals surface area contributed by atoms with Gasteiger partial charge in [0.25, 0.3) is 0 Å². The van der Waals surface area contributed by atoms with Gasteiger partial charge in [-0.2, -0.15) is 0 Å². The van der Waals surface area contributed by atoms with Crippen LogP contribution in [0.5, 0.6) is 0 Å². The maximum atomic E-state index is 12.4. The van der Waals surface area contributed by atoms with Gasteiger partial charge in [-0.25, -0.2) is 0 Å². The lowest BCUT2D eigenvalue weighted by Crippen LogP contribution is -2.47. The molecule has 1 heterocycles. The van der Waals surface area contributed by atoms with Crippen LogP contribution < -0.4 is 5.32 Å². The smallest absolute Gasteiger partial charge is 0.224 e. The van der Waals surface area contributed by atoms with Gasteiger partial charge in [-0.05, 0) is 49.9 Å². The van der Waals surface area contributed by atoms with Gasteiger partial charge in [0.1, 0.15) is 5.76 Å². The van der Waals surface area contributed by atoms with Crippen LogP contribution in [0, 0.1) is 30.6 Å². The number of fused-ring (bicyclic) bond motifs is 2. The Balaban J connectivity index is 1.70. The van der Waals surface area contributed by atoms with Crippen LogP contribution in [0.15, 0.2) is 4.52 Å². The molecule has 1 aromatic heterocycles. The van der Waals surface area contributed by atoms with Crippen molar-refractivity contribution in [2.24, 2.45) is 16.7 Å². The maximum Gasteiger partial charge on any atom is 0.224 e. The van der Waals surface area contributed by atoms with Crippen molar-refractivity contribution >= 4 is 5.91 Å². The minimum atomic E-state index is 0.0963. The van der Waals surface area contributed by atoms with Gasteiger partial charge < -0.3 is 9.84 Å². The second kappa shape index (κ2) is 4.59. The molecule has 4 nitrogen and oxygen atoms in total. The average Bonchev–Trinajstić information content (AvgIpc) is 2.89. The number of hydrogen-bond donors (Lipinski definition) is 1. The molecule has 1 amide bonds. The minimum Gasteiger partial charge on any atom is -0.361 e. The van der Waals surface area contributed by atoms with Crippen LogP contribution in [-0.4, -0.2) is 17.1 Å². The van der Waals surface area contributed by atoms with Crippen LogP contribution in [0.4, 0.5) is 0 Å². The highest BCUT2D eigenvalue weighted by molar-refractivity contribution is 5.79. The van der Waals surface area contributed by atoms with E-state index in [0.29, 0.717) is 17.9 Å². The van der Waals surface area contributed by atoms with E-state index >= 15 is 0 Å². The highest BCUT2D eigenvalue weighted by Gasteiger charge is 2.61. The van der Waals surface area contributed by atoms with E-state index in [1.54, 1.807) is 0 Å². The molecule has 3 rings (SSSR count). The van der Waals surface area contributed by atoms with Crippen LogP contribution in [0.1, 0.15) is 57.1 Å². The van der Waals surface area contributed by atoms with E-state index in [9.17, 15) is 4.79 Å². The third-order valence-electron chi connectivity index (χ3n) is 6.65. The molecule has 2 bridgehead atoms. The Bertz CT molecular complexity index is 556. The number of aryl methyl sites for hydroxylation is 2. The zero-order valence-electron chi connectivity index (χ0n) is 13.7. The fourth-order valence-corrected chi connectivity index (χ4v) is 4.58. The third-order valence-corrected chi connectivity index (χ3v) is 6.65. The van der Waals surface area contributed by atoms with Gasteiger partial charge in [-0.15, -0.1) is 0 Å². The molecule has 0 aliphatic heterocycles. The van der Waals surface area contributed by atoms with Gasteiger partial charge in [-0.3, -0.25) is 4.79 Å². The summed E-state index contributed by atoms with van der Waals surface area (Å²) in [6, 6.07) is 0.305. The lowest BCUT2D eigenvalue weighted by Gasteiger charge is -2.39. The van der Waals surface area contributed by atoms with E-state index in [-0.39, 0.29) is 11.3 Å². The summed E-state index contributed by atoms with van der Waals surface area (Å²) in [6.07, 6.45) is 4.02. The van der Waals surface area contributed by atoms with Crippen molar-refractivity contribution in [3.8, 4) is 0 Å². The van der Waals surface area contributed by atoms with Crippen LogP contribution in [-0.2, 0) is 11.2 Å². The quantitative estimate of drug-likeness (QED) is 0.930. The van der Waals surface area contributed by atoms with Gasteiger partial charge in [0.15, 0.2) is 0 Å². The summed E-state index contributed by atoms with van der Waals surface area (Å²) in [5, 5.41) is 7.21. The molecule has 116 valence electrons. The Morgan fingerprint density at radius 1 is 1.38 bits per heavy atom. The molecule has 1 aromatic rings. The van der Waals surface area contributed by atoms with Gasteiger partial charge >= 0.3 is 0 Å². The standard InChI is InChI=1S/C17H26N2O2/c1-10-13(11(2)21-19-10)9-15(20)18-14-8-12-6-7-17(14,5)16(12,3)4/h12,14H,6-9H2,1-5H3,(H,18,20). The fraction of sp³-hybridized carbons (Fsp3) is 0.765. The lowest BCUT2D eigenvalue weighted by molar-refractivity contribution is -0.122. The first-order chi connectivity index (χ1) is 9.75. The normalized spacial score (nSPS) is 33.4. The van der Waals surface area contributed by atoms with Crippen LogP contribution >= 0.6 is 0 Å². The number of nitrogens with zero attached hydrogens (tertiary/aromatic N) is 1. The molecule has 0 spiro atoms. The molecule has 3 unspecified atom stereocenters. The molecular weight excluding hydrogens is 264 g/mol. The second-order valence-electron chi connectivity index (χ2n) is 7.71. The molecule has 21 heavy (non-hydrogen) atoms. The zero-order chi connectivity index (χ0) is 15.4. The molecule has 4 heteroatoms. The first-order valence-corrected chi connectivity index (χ1v) is 7.97. The lowest BCUT2D eigenvalue weighted by atomic mass is 9.69. The summed E-state index contributed by atoms with van der Waals surface area (Å²) in [7, 11) is 0. The number of nitrogens with one attached hydrogen (secondary N) is 1. The Labute approximate surface area is 126 Å². The van der Waals surface area contributed by atoms with Crippen molar-refractivity contribution in [3.63, 3.8) is 0 Å². The summed E-state index contributed by atoms with van der Waals surface area (Å²) in [4.78, 5) is 12.4. The average molecular weight is 290 g/mol. The summed E-state index contributed by atoms with van der Waals surface area (Å²) < 4.78 is 5.14. The molecule has 2 aliphatic carbocycles. The topological polar surface area (TPSA) is 55.1 Å². The Hall–Kier alpha value is -1.32. The monoisotopic (exact) mass is 290 g/mol.